The zero-order chi connectivity index (χ0) is 25.8. The number of aliphatic imine (C=N–C) groups is 1. The third-order valence-electron chi connectivity index (χ3n) is 5.51. The molecule has 0 unspecified atom stereocenters. The number of carbonyl (C=O) groups is 1. The van der Waals surface area contributed by atoms with Crippen LogP contribution in [0.2, 0.25) is 0 Å². The molecule has 188 valence electrons. The van der Waals surface area contributed by atoms with E-state index in [9.17, 15) is 4.79 Å². The summed E-state index contributed by atoms with van der Waals surface area (Å²) < 4.78 is 17.2. The third kappa shape index (κ3) is 5.79. The molecule has 1 amide bonds. The van der Waals surface area contributed by atoms with Gasteiger partial charge in [-0.2, -0.15) is 15.1 Å². The number of thioether (sulfide) groups is 1. The van der Waals surface area contributed by atoms with Gasteiger partial charge in [0.2, 0.25) is 5.17 Å². The second kappa shape index (κ2) is 11.0. The van der Waals surface area contributed by atoms with Gasteiger partial charge in [-0.25, -0.2) is 0 Å². The molecule has 8 nitrogen and oxygen atoms in total. The molecule has 2 aliphatic heterocycles. The van der Waals surface area contributed by atoms with Crippen LogP contribution in [0.3, 0.4) is 0 Å². The predicted octanol–water partition coefficient (Wildman–Crippen LogP) is 5.44. The summed E-state index contributed by atoms with van der Waals surface area (Å²) in [5.74, 6) is 1.89. The number of hydrogen-bond acceptors (Lipinski definition) is 7. The molecule has 2 aromatic rings. The molecule has 0 saturated carbocycles. The fraction of sp³-hybridized carbons (Fsp3) is 0.333. The number of nitrogens with one attached hydrogen (secondary N) is 1. The molecule has 0 radical (unpaired) electrons. The first-order valence-corrected chi connectivity index (χ1v) is 12.6. The lowest BCUT2D eigenvalue weighted by molar-refractivity contribution is -0.114. The Morgan fingerprint density at radius 2 is 1.78 bits per heavy atom. The van der Waals surface area contributed by atoms with Crippen LogP contribution in [-0.4, -0.2) is 47.3 Å². The van der Waals surface area contributed by atoms with Crippen LogP contribution < -0.4 is 14.2 Å². The Labute approximate surface area is 215 Å². The summed E-state index contributed by atoms with van der Waals surface area (Å²) in [6.45, 7) is 8.99. The number of ether oxygens (including phenoxy) is 3. The van der Waals surface area contributed by atoms with Crippen molar-refractivity contribution < 1.29 is 19.0 Å². The lowest BCUT2D eigenvalue weighted by Crippen LogP contribution is -2.35. The van der Waals surface area contributed by atoms with Gasteiger partial charge in [-0.1, -0.05) is 37.6 Å². The second-order valence-corrected chi connectivity index (χ2v) is 10.0. The molecular weight excluding hydrogens is 476 g/mol. The van der Waals surface area contributed by atoms with Gasteiger partial charge in [0.1, 0.15) is 24.0 Å². The molecule has 0 aromatic heterocycles. The van der Waals surface area contributed by atoms with Crippen molar-refractivity contribution in [2.24, 2.45) is 16.0 Å². The largest absolute Gasteiger partial charge is 0.493 e. The van der Waals surface area contributed by atoms with Crippen LogP contribution >= 0.6 is 11.8 Å². The fourth-order valence-corrected chi connectivity index (χ4v) is 4.88. The molecule has 0 fully saturated rings. The van der Waals surface area contributed by atoms with Gasteiger partial charge in [0.25, 0.3) is 5.91 Å². The molecular formula is C27H30N4O4S. The Morgan fingerprint density at radius 1 is 1.06 bits per heavy atom. The first-order valence-electron chi connectivity index (χ1n) is 11.7. The van der Waals surface area contributed by atoms with Crippen molar-refractivity contribution in [3.63, 3.8) is 0 Å². The summed E-state index contributed by atoms with van der Waals surface area (Å²) in [6.07, 6.45) is 2.40. The van der Waals surface area contributed by atoms with Gasteiger partial charge in [-0.15, -0.1) is 0 Å². The van der Waals surface area contributed by atoms with Crippen LogP contribution in [0.4, 0.5) is 0 Å². The van der Waals surface area contributed by atoms with Gasteiger partial charge < -0.3 is 14.2 Å². The molecule has 36 heavy (non-hydrogen) atoms. The minimum absolute atomic E-state index is 0.0131. The second-order valence-electron chi connectivity index (χ2n) is 8.99. The molecule has 0 aliphatic carbocycles. The number of hydrazone groups is 1. The topological polar surface area (TPSA) is 96.6 Å². The number of methoxy groups -OCH3 is 1. The fourth-order valence-electron chi connectivity index (χ4n) is 3.79. The maximum Gasteiger partial charge on any atom is 0.283 e. The summed E-state index contributed by atoms with van der Waals surface area (Å²) in [5.41, 5.74) is 3.14. The number of benzene rings is 2. The zero-order valence-corrected chi connectivity index (χ0v) is 21.9. The summed E-state index contributed by atoms with van der Waals surface area (Å²) in [7, 11) is 1.56. The summed E-state index contributed by atoms with van der Waals surface area (Å²) >= 11 is 1.35. The quantitative estimate of drug-likeness (QED) is 0.360. The van der Waals surface area contributed by atoms with Crippen LogP contribution in [0.15, 0.2) is 52.1 Å². The van der Waals surface area contributed by atoms with Crippen molar-refractivity contribution in [3.8, 4) is 17.2 Å². The molecule has 2 heterocycles. The van der Waals surface area contributed by atoms with Crippen LogP contribution in [0, 0.1) is 25.2 Å². The van der Waals surface area contributed by atoms with E-state index in [1.54, 1.807) is 25.3 Å². The van der Waals surface area contributed by atoms with E-state index in [0.29, 0.717) is 41.4 Å². The van der Waals surface area contributed by atoms with Gasteiger partial charge in [0.05, 0.1) is 12.7 Å². The van der Waals surface area contributed by atoms with E-state index in [1.165, 1.54) is 22.3 Å². The number of aryl methyl sites for hydroxylation is 2. The number of rotatable bonds is 9. The van der Waals surface area contributed by atoms with Gasteiger partial charge in [-0.05, 0) is 66.9 Å². The number of amidine groups is 2. The Balaban J connectivity index is 1.43. The van der Waals surface area contributed by atoms with Crippen LogP contribution in [0.25, 0.3) is 6.08 Å². The minimum atomic E-state index is -0.456. The average Bonchev–Trinajstić information content (AvgIpc) is 3.22. The molecule has 0 bridgehead atoms. The van der Waals surface area contributed by atoms with E-state index in [4.69, 9.17) is 19.6 Å². The smallest absolute Gasteiger partial charge is 0.283 e. The van der Waals surface area contributed by atoms with Crippen molar-refractivity contribution in [1.82, 2.24) is 5.01 Å². The molecule has 0 saturated heterocycles. The van der Waals surface area contributed by atoms with Crippen LogP contribution in [0.1, 0.15) is 37.0 Å². The number of hydrogen-bond donors (Lipinski definition) is 1. The molecule has 0 atom stereocenters. The highest BCUT2D eigenvalue weighted by Crippen LogP contribution is 2.32. The molecule has 1 N–H and O–H groups in total. The third-order valence-corrected chi connectivity index (χ3v) is 6.44. The molecule has 2 aliphatic rings. The highest BCUT2D eigenvalue weighted by Gasteiger charge is 2.35. The Kier molecular flexibility index (Phi) is 7.79. The van der Waals surface area contributed by atoms with Crippen molar-refractivity contribution in [2.75, 3.05) is 20.3 Å². The maximum atomic E-state index is 12.7. The highest BCUT2D eigenvalue weighted by atomic mass is 32.2. The van der Waals surface area contributed by atoms with Gasteiger partial charge in [0.15, 0.2) is 17.3 Å². The summed E-state index contributed by atoms with van der Waals surface area (Å²) in [5, 5.41) is 15.7. The summed E-state index contributed by atoms with van der Waals surface area (Å²) in [4.78, 5) is 16.8. The minimum Gasteiger partial charge on any atom is -0.493 e. The Morgan fingerprint density at radius 3 is 2.47 bits per heavy atom. The number of carbonyl (C=O) groups excluding carboxylic acids is 1. The maximum absolute atomic E-state index is 12.7. The van der Waals surface area contributed by atoms with Gasteiger partial charge in [0, 0.05) is 6.42 Å². The standard InChI is InChI=1S/C27H30N4O4S/c1-16(2)12-24-30-31-25(28)20(26(32)29-27(31)36-24)14-19-7-9-22(23(15-19)33-5)35-11-10-34-21-8-6-17(3)13-18(21)4/h6-9,13-16,28H,10-12H2,1-5H3. The van der Waals surface area contributed by atoms with Gasteiger partial charge >= 0.3 is 0 Å². The molecule has 0 spiro atoms. The van der Waals surface area contributed by atoms with E-state index in [1.807, 2.05) is 32.0 Å². The first kappa shape index (κ1) is 25.5. The van der Waals surface area contributed by atoms with Gasteiger partial charge in [-0.3, -0.25) is 10.2 Å². The van der Waals surface area contributed by atoms with E-state index in [2.05, 4.69) is 30.0 Å². The molecule has 4 rings (SSSR count). The van der Waals surface area contributed by atoms with Crippen LogP contribution in [-0.2, 0) is 4.79 Å². The normalized spacial score (nSPS) is 16.3. The van der Waals surface area contributed by atoms with Crippen LogP contribution in [0.5, 0.6) is 17.2 Å². The van der Waals surface area contributed by atoms with E-state index >= 15 is 0 Å². The van der Waals surface area contributed by atoms with E-state index in [-0.39, 0.29) is 11.4 Å². The Bertz CT molecular complexity index is 1280. The number of nitrogens with zero attached hydrogens (tertiary/aromatic N) is 3. The first-order chi connectivity index (χ1) is 17.2. The molecule has 2 aromatic carbocycles. The SMILES string of the molecule is COc1cc(C=C2C(=N)N3N=C(CC(C)C)SC3=NC2=O)ccc1OCCOc1ccc(C)cc1C. The highest BCUT2D eigenvalue weighted by molar-refractivity contribution is 8.26. The molecule has 9 heteroatoms. The monoisotopic (exact) mass is 506 g/mol. The lowest BCUT2D eigenvalue weighted by Gasteiger charge is -2.20. The average molecular weight is 507 g/mol. The van der Waals surface area contributed by atoms with Crippen molar-refractivity contribution in [2.45, 2.75) is 34.1 Å². The lowest BCUT2D eigenvalue weighted by atomic mass is 10.1. The zero-order valence-electron chi connectivity index (χ0n) is 21.1. The van der Waals surface area contributed by atoms with E-state index < -0.39 is 5.91 Å². The summed E-state index contributed by atoms with van der Waals surface area (Å²) in [6, 6.07) is 11.4. The Hall–Kier alpha value is -3.59. The predicted molar refractivity (Wildman–Crippen MR) is 144 cm³/mol. The van der Waals surface area contributed by atoms with Crippen molar-refractivity contribution in [3.05, 3.63) is 58.7 Å². The number of amides is 1. The van der Waals surface area contributed by atoms with Crippen molar-refractivity contribution in [1.29, 1.82) is 5.41 Å². The van der Waals surface area contributed by atoms with E-state index in [0.717, 1.165) is 22.8 Å². The van der Waals surface area contributed by atoms with Crippen molar-refractivity contribution >= 4 is 39.8 Å². The number of fused-ring (bicyclic) bond motifs is 1.